The normalized spacial score (nSPS) is 11.2. The average Bonchev–Trinajstić information content (AvgIpc) is 2.57. The first kappa shape index (κ1) is 19.8. The van der Waals surface area contributed by atoms with Crippen molar-refractivity contribution in [1.29, 1.82) is 0 Å². The Morgan fingerprint density at radius 1 is 1.12 bits per heavy atom. The minimum absolute atomic E-state index is 0.0639. The summed E-state index contributed by atoms with van der Waals surface area (Å²) in [5.74, 6) is 0.350. The van der Waals surface area contributed by atoms with Gasteiger partial charge in [0.25, 0.3) is 0 Å². The molecule has 2 aromatic carbocycles. The van der Waals surface area contributed by atoms with E-state index in [1.54, 1.807) is 30.3 Å². The zero-order valence-corrected chi connectivity index (χ0v) is 16.0. The highest BCUT2D eigenvalue weighted by Gasteiger charge is 2.20. The SMILES string of the molecule is CC(C)Oc1cccc(CNC(=O)CN(c2ccccc2)S(C)(=O)=O)c1. The number of para-hydroxylation sites is 1. The zero-order chi connectivity index (χ0) is 19.2. The molecule has 2 aromatic rings. The quantitative estimate of drug-likeness (QED) is 0.768. The van der Waals surface area contributed by atoms with Crippen molar-refractivity contribution in [3.8, 4) is 5.75 Å². The van der Waals surface area contributed by atoms with Gasteiger partial charge in [0, 0.05) is 6.54 Å². The summed E-state index contributed by atoms with van der Waals surface area (Å²) >= 11 is 0. The van der Waals surface area contributed by atoms with Gasteiger partial charge >= 0.3 is 0 Å². The molecule has 1 amide bonds. The van der Waals surface area contributed by atoms with Gasteiger partial charge in [-0.1, -0.05) is 30.3 Å². The van der Waals surface area contributed by atoms with Crippen LogP contribution in [0.3, 0.4) is 0 Å². The van der Waals surface area contributed by atoms with Crippen molar-refractivity contribution in [3.63, 3.8) is 0 Å². The van der Waals surface area contributed by atoms with Gasteiger partial charge in [-0.25, -0.2) is 8.42 Å². The molecule has 0 saturated heterocycles. The standard InChI is InChI=1S/C19H24N2O4S/c1-15(2)25-18-11-7-8-16(12-18)13-20-19(22)14-21(26(3,23)24)17-9-5-4-6-10-17/h4-12,15H,13-14H2,1-3H3,(H,20,22). The Morgan fingerprint density at radius 2 is 1.81 bits per heavy atom. The first-order valence-electron chi connectivity index (χ1n) is 8.31. The fourth-order valence-corrected chi connectivity index (χ4v) is 3.24. The molecule has 0 radical (unpaired) electrons. The maximum atomic E-state index is 12.3. The molecule has 7 heteroatoms. The van der Waals surface area contributed by atoms with Crippen LogP contribution in [0.4, 0.5) is 5.69 Å². The van der Waals surface area contributed by atoms with Crippen LogP contribution in [0.15, 0.2) is 54.6 Å². The Bertz CT molecular complexity index is 836. The third-order valence-electron chi connectivity index (χ3n) is 3.49. The first-order chi connectivity index (χ1) is 12.3. The van der Waals surface area contributed by atoms with E-state index in [1.165, 1.54) is 0 Å². The Balaban J connectivity index is 2.01. The lowest BCUT2D eigenvalue weighted by molar-refractivity contribution is -0.119. The van der Waals surface area contributed by atoms with Gasteiger partial charge < -0.3 is 10.1 Å². The van der Waals surface area contributed by atoms with E-state index in [0.29, 0.717) is 12.2 Å². The molecular weight excluding hydrogens is 352 g/mol. The summed E-state index contributed by atoms with van der Waals surface area (Å²) in [4.78, 5) is 12.3. The first-order valence-corrected chi connectivity index (χ1v) is 10.2. The van der Waals surface area contributed by atoms with Crippen molar-refractivity contribution in [2.75, 3.05) is 17.1 Å². The molecule has 140 valence electrons. The summed E-state index contributed by atoms with van der Waals surface area (Å²) in [6, 6.07) is 16.0. The predicted octanol–water partition coefficient (Wildman–Crippen LogP) is 2.56. The Kier molecular flexibility index (Phi) is 6.63. The molecule has 0 fully saturated rings. The van der Waals surface area contributed by atoms with Crippen LogP contribution in [0.5, 0.6) is 5.75 Å². The summed E-state index contributed by atoms with van der Waals surface area (Å²) in [5, 5.41) is 2.75. The molecule has 0 atom stereocenters. The minimum Gasteiger partial charge on any atom is -0.491 e. The number of amides is 1. The van der Waals surface area contributed by atoms with E-state index in [-0.39, 0.29) is 18.6 Å². The topological polar surface area (TPSA) is 75.7 Å². The predicted molar refractivity (Wildman–Crippen MR) is 103 cm³/mol. The number of nitrogens with one attached hydrogen (secondary N) is 1. The highest BCUT2D eigenvalue weighted by molar-refractivity contribution is 7.92. The van der Waals surface area contributed by atoms with Gasteiger partial charge in [0.1, 0.15) is 12.3 Å². The van der Waals surface area contributed by atoms with E-state index in [2.05, 4.69) is 5.32 Å². The van der Waals surface area contributed by atoms with Gasteiger partial charge in [-0.05, 0) is 43.7 Å². The maximum absolute atomic E-state index is 12.3. The average molecular weight is 376 g/mol. The number of carbonyl (C=O) groups excluding carboxylic acids is 1. The summed E-state index contributed by atoms with van der Waals surface area (Å²) in [5.41, 5.74) is 1.33. The van der Waals surface area contributed by atoms with Crippen LogP contribution in [0, 0.1) is 0 Å². The third kappa shape index (κ3) is 6.07. The van der Waals surface area contributed by atoms with Crippen molar-refractivity contribution < 1.29 is 17.9 Å². The fraction of sp³-hybridized carbons (Fsp3) is 0.316. The number of sulfonamides is 1. The summed E-state index contributed by atoms with van der Waals surface area (Å²) in [6.45, 7) is 3.90. The van der Waals surface area contributed by atoms with Crippen LogP contribution in [0.2, 0.25) is 0 Å². The van der Waals surface area contributed by atoms with E-state index >= 15 is 0 Å². The fourth-order valence-electron chi connectivity index (χ4n) is 2.38. The molecule has 0 heterocycles. The van der Waals surface area contributed by atoms with Crippen molar-refractivity contribution in [2.45, 2.75) is 26.5 Å². The number of rotatable bonds is 8. The molecule has 0 saturated carbocycles. The Labute approximate surface area is 154 Å². The summed E-state index contributed by atoms with van der Waals surface area (Å²) in [7, 11) is -3.56. The molecule has 0 aliphatic carbocycles. The number of nitrogens with zero attached hydrogens (tertiary/aromatic N) is 1. The Hall–Kier alpha value is -2.54. The van der Waals surface area contributed by atoms with E-state index in [9.17, 15) is 13.2 Å². The monoisotopic (exact) mass is 376 g/mol. The van der Waals surface area contributed by atoms with Gasteiger partial charge in [-0.15, -0.1) is 0 Å². The van der Waals surface area contributed by atoms with Crippen LogP contribution in [0.1, 0.15) is 19.4 Å². The second-order valence-electron chi connectivity index (χ2n) is 6.20. The molecule has 0 spiro atoms. The van der Waals surface area contributed by atoms with Crippen LogP contribution >= 0.6 is 0 Å². The maximum Gasteiger partial charge on any atom is 0.241 e. The van der Waals surface area contributed by atoms with Crippen LogP contribution in [0.25, 0.3) is 0 Å². The lowest BCUT2D eigenvalue weighted by atomic mass is 10.2. The highest BCUT2D eigenvalue weighted by Crippen LogP contribution is 2.17. The third-order valence-corrected chi connectivity index (χ3v) is 4.63. The van der Waals surface area contributed by atoms with Gasteiger partial charge in [-0.3, -0.25) is 9.10 Å². The molecule has 2 rings (SSSR count). The largest absolute Gasteiger partial charge is 0.491 e. The van der Waals surface area contributed by atoms with Crippen molar-refractivity contribution in [3.05, 3.63) is 60.2 Å². The molecule has 1 N–H and O–H groups in total. The lowest BCUT2D eigenvalue weighted by Gasteiger charge is -2.21. The summed E-state index contributed by atoms with van der Waals surface area (Å²) < 4.78 is 30.7. The number of hydrogen-bond donors (Lipinski definition) is 1. The van der Waals surface area contributed by atoms with Crippen molar-refractivity contribution >= 4 is 21.6 Å². The molecule has 0 aromatic heterocycles. The van der Waals surface area contributed by atoms with Crippen molar-refractivity contribution in [1.82, 2.24) is 5.32 Å². The van der Waals surface area contributed by atoms with E-state index in [4.69, 9.17) is 4.74 Å². The van der Waals surface area contributed by atoms with Crippen LogP contribution in [-0.4, -0.2) is 33.2 Å². The number of hydrogen-bond acceptors (Lipinski definition) is 4. The van der Waals surface area contributed by atoms with Gasteiger partial charge in [0.15, 0.2) is 0 Å². The minimum atomic E-state index is -3.56. The highest BCUT2D eigenvalue weighted by atomic mass is 32.2. The van der Waals surface area contributed by atoms with Crippen LogP contribution < -0.4 is 14.4 Å². The van der Waals surface area contributed by atoms with E-state index < -0.39 is 10.0 Å². The van der Waals surface area contributed by atoms with Gasteiger partial charge in [0.2, 0.25) is 15.9 Å². The number of ether oxygens (including phenoxy) is 1. The molecule has 0 unspecified atom stereocenters. The van der Waals surface area contributed by atoms with Crippen LogP contribution in [-0.2, 0) is 21.4 Å². The number of benzene rings is 2. The Morgan fingerprint density at radius 3 is 2.42 bits per heavy atom. The molecule has 26 heavy (non-hydrogen) atoms. The molecule has 6 nitrogen and oxygen atoms in total. The number of carbonyl (C=O) groups is 1. The summed E-state index contributed by atoms with van der Waals surface area (Å²) in [6.07, 6.45) is 1.15. The molecule has 0 aliphatic rings. The molecular formula is C19H24N2O4S. The zero-order valence-electron chi connectivity index (χ0n) is 15.2. The number of anilines is 1. The smallest absolute Gasteiger partial charge is 0.241 e. The second kappa shape index (κ2) is 8.71. The molecule has 0 aliphatic heterocycles. The van der Waals surface area contributed by atoms with Gasteiger partial charge in [0.05, 0.1) is 18.0 Å². The lowest BCUT2D eigenvalue weighted by Crippen LogP contribution is -2.40. The van der Waals surface area contributed by atoms with E-state index in [0.717, 1.165) is 21.9 Å². The van der Waals surface area contributed by atoms with Gasteiger partial charge in [-0.2, -0.15) is 0 Å². The van der Waals surface area contributed by atoms with E-state index in [1.807, 2.05) is 38.1 Å². The molecule has 0 bridgehead atoms. The second-order valence-corrected chi connectivity index (χ2v) is 8.10. The van der Waals surface area contributed by atoms with Crippen molar-refractivity contribution in [2.24, 2.45) is 0 Å².